The molecule has 2 aromatic heterocycles. The molecule has 0 spiro atoms. The van der Waals surface area contributed by atoms with E-state index in [1.165, 1.54) is 18.4 Å². The molecule has 0 radical (unpaired) electrons. The molecule has 0 fully saturated rings. The minimum atomic E-state index is -3.71. The smallest absolute Gasteiger partial charge is 0.233 e. The van der Waals surface area contributed by atoms with Crippen LogP contribution in [0.3, 0.4) is 0 Å². The van der Waals surface area contributed by atoms with E-state index in [0.29, 0.717) is 5.56 Å². The van der Waals surface area contributed by atoms with Crippen LogP contribution in [0.1, 0.15) is 5.56 Å². The first kappa shape index (κ1) is 17.5. The molecule has 0 saturated carbocycles. The largest absolute Gasteiger partial charge is 0.463 e. The van der Waals surface area contributed by atoms with E-state index in [-0.39, 0.29) is 31.6 Å². The van der Waals surface area contributed by atoms with Crippen molar-refractivity contribution in [2.75, 3.05) is 0 Å². The predicted octanol–water partition coefficient (Wildman–Crippen LogP) is 3.42. The Morgan fingerprint density at radius 3 is 2.63 bits per heavy atom. The summed E-state index contributed by atoms with van der Waals surface area (Å²) in [7, 11) is -3.71. The van der Waals surface area contributed by atoms with Gasteiger partial charge in [0.1, 0.15) is 17.7 Å². The maximum Gasteiger partial charge on any atom is 0.233 e. The summed E-state index contributed by atoms with van der Waals surface area (Å²) in [4.78, 5) is 12.6. The average molecular weight is 402 g/mol. The molecule has 0 amide bonds. The fourth-order valence-electron chi connectivity index (χ4n) is 2.55. The van der Waals surface area contributed by atoms with Gasteiger partial charge in [0, 0.05) is 0 Å². The maximum atomic E-state index is 13.4. The number of fused-ring (bicyclic) bond motifs is 1. The first-order valence-electron chi connectivity index (χ1n) is 7.76. The summed E-state index contributed by atoms with van der Waals surface area (Å²) in [6.45, 7) is 0. The lowest BCUT2D eigenvalue weighted by Crippen LogP contribution is -2.04. The third kappa shape index (κ3) is 3.38. The first-order chi connectivity index (χ1) is 12.9. The lowest BCUT2D eigenvalue weighted by molar-refractivity contribution is 0.593. The highest BCUT2D eigenvalue weighted by Gasteiger charge is 2.23. The van der Waals surface area contributed by atoms with Crippen LogP contribution in [0.2, 0.25) is 0 Å². The fourth-order valence-corrected chi connectivity index (χ4v) is 4.97. The Balaban J connectivity index is 1.74. The summed E-state index contributed by atoms with van der Waals surface area (Å²) in [6, 6.07) is 12.3. The lowest BCUT2D eigenvalue weighted by Gasteiger charge is -2.00. The highest BCUT2D eigenvalue weighted by molar-refractivity contribution is 7.92. The van der Waals surface area contributed by atoms with Crippen molar-refractivity contribution in [3.63, 3.8) is 0 Å². The van der Waals surface area contributed by atoms with Gasteiger partial charge in [0.15, 0.2) is 5.01 Å². The van der Waals surface area contributed by atoms with E-state index in [1.54, 1.807) is 30.3 Å². The summed E-state index contributed by atoms with van der Waals surface area (Å²) < 4.78 is 43.7. The van der Waals surface area contributed by atoms with Crippen LogP contribution in [0.25, 0.3) is 21.5 Å². The zero-order valence-electron chi connectivity index (χ0n) is 13.6. The van der Waals surface area contributed by atoms with Gasteiger partial charge < -0.3 is 4.42 Å². The number of rotatable bonds is 4. The molecule has 0 unspecified atom stereocenters. The summed E-state index contributed by atoms with van der Waals surface area (Å²) >= 11 is 0.775. The van der Waals surface area contributed by atoms with Crippen molar-refractivity contribution >= 4 is 32.1 Å². The van der Waals surface area contributed by atoms with Crippen molar-refractivity contribution in [1.29, 1.82) is 0 Å². The Morgan fingerprint density at radius 1 is 1.07 bits per heavy atom. The summed E-state index contributed by atoms with van der Waals surface area (Å²) in [5.74, 6) is -0.796. The molecule has 4 rings (SSSR count). The van der Waals surface area contributed by atoms with E-state index in [9.17, 15) is 17.6 Å². The van der Waals surface area contributed by atoms with Crippen LogP contribution in [0, 0.1) is 5.82 Å². The maximum absolute atomic E-state index is 13.4. The molecule has 2 aromatic carbocycles. The predicted molar refractivity (Wildman–Crippen MR) is 98.7 cm³/mol. The van der Waals surface area contributed by atoms with Crippen LogP contribution in [0.15, 0.2) is 68.3 Å². The molecule has 0 aliphatic heterocycles. The fraction of sp³-hybridized carbons (Fsp3) is 0.0556. The average Bonchev–Trinajstić information content (AvgIpc) is 3.14. The molecule has 27 heavy (non-hydrogen) atoms. The van der Waals surface area contributed by atoms with Crippen LogP contribution >= 0.6 is 11.3 Å². The van der Waals surface area contributed by atoms with Crippen molar-refractivity contribution < 1.29 is 17.2 Å². The van der Waals surface area contributed by atoms with Gasteiger partial charge in [0.05, 0.1) is 16.7 Å². The normalized spacial score (nSPS) is 11.7. The number of aromatic nitrogens is 2. The number of hydrogen-bond acceptors (Lipinski definition) is 7. The molecule has 2 heterocycles. The van der Waals surface area contributed by atoms with Crippen LogP contribution in [-0.4, -0.2) is 18.6 Å². The van der Waals surface area contributed by atoms with Crippen molar-refractivity contribution in [2.24, 2.45) is 0 Å². The van der Waals surface area contributed by atoms with Gasteiger partial charge in [0.2, 0.25) is 19.6 Å². The SMILES string of the molecule is O=c1c(-c2nnc(S(=O)(=O)Cc3ccccc3)s2)coc2ccc(F)cc12. The van der Waals surface area contributed by atoms with Crippen molar-refractivity contribution in [3.05, 3.63) is 76.4 Å². The number of benzene rings is 2. The molecule has 0 saturated heterocycles. The highest BCUT2D eigenvalue weighted by atomic mass is 32.2. The standard InChI is InChI=1S/C18H11FN2O4S2/c19-12-6-7-15-13(8-12)16(22)14(9-25-15)17-20-21-18(26-17)27(23,24)10-11-4-2-1-3-5-11/h1-9H,10H2. The molecule has 6 nitrogen and oxygen atoms in total. The first-order valence-corrected chi connectivity index (χ1v) is 10.2. The van der Waals surface area contributed by atoms with Crippen LogP contribution in [0.4, 0.5) is 4.39 Å². The molecule has 0 atom stereocenters. The van der Waals surface area contributed by atoms with Crippen LogP contribution in [0.5, 0.6) is 0 Å². The van der Waals surface area contributed by atoms with Gasteiger partial charge >= 0.3 is 0 Å². The van der Waals surface area contributed by atoms with Gasteiger partial charge in [-0.3, -0.25) is 4.79 Å². The zero-order chi connectivity index (χ0) is 19.0. The van der Waals surface area contributed by atoms with Crippen molar-refractivity contribution in [2.45, 2.75) is 10.1 Å². The summed E-state index contributed by atoms with van der Waals surface area (Å²) in [5, 5.41) is 7.70. The van der Waals surface area contributed by atoms with E-state index < -0.39 is 21.1 Å². The van der Waals surface area contributed by atoms with E-state index >= 15 is 0 Å². The van der Waals surface area contributed by atoms with Gasteiger partial charge in [-0.2, -0.15) is 0 Å². The molecular formula is C18H11FN2O4S2. The van der Waals surface area contributed by atoms with Gasteiger partial charge in [0.25, 0.3) is 0 Å². The van der Waals surface area contributed by atoms with E-state index in [1.807, 2.05) is 0 Å². The molecule has 9 heteroatoms. The van der Waals surface area contributed by atoms with E-state index in [0.717, 1.165) is 17.4 Å². The summed E-state index contributed by atoms with van der Waals surface area (Å²) in [5.41, 5.74) is 0.382. The second kappa shape index (κ2) is 6.67. The molecule has 0 N–H and O–H groups in total. The molecule has 0 aliphatic carbocycles. The highest BCUT2D eigenvalue weighted by Crippen LogP contribution is 2.27. The van der Waals surface area contributed by atoms with Gasteiger partial charge in [-0.15, -0.1) is 10.2 Å². The van der Waals surface area contributed by atoms with Crippen LogP contribution in [-0.2, 0) is 15.6 Å². The molecule has 0 aliphatic rings. The summed E-state index contributed by atoms with van der Waals surface area (Å²) in [6.07, 6.45) is 1.18. The third-order valence-corrected chi connectivity index (χ3v) is 6.93. The number of nitrogens with zero attached hydrogens (tertiary/aromatic N) is 2. The van der Waals surface area contributed by atoms with E-state index in [2.05, 4.69) is 10.2 Å². The second-order valence-electron chi connectivity index (χ2n) is 5.74. The van der Waals surface area contributed by atoms with E-state index in [4.69, 9.17) is 4.42 Å². The minimum absolute atomic E-state index is 0.0340. The molecule has 136 valence electrons. The Morgan fingerprint density at radius 2 is 1.85 bits per heavy atom. The molecule has 0 bridgehead atoms. The van der Waals surface area contributed by atoms with Crippen molar-refractivity contribution in [1.82, 2.24) is 10.2 Å². The Labute approximate surface area is 156 Å². The number of sulfone groups is 1. The Hall–Kier alpha value is -2.91. The molecule has 4 aromatic rings. The lowest BCUT2D eigenvalue weighted by atomic mass is 10.2. The Kier molecular flexibility index (Phi) is 4.33. The topological polar surface area (TPSA) is 90.1 Å². The number of halogens is 1. The van der Waals surface area contributed by atoms with Gasteiger partial charge in [-0.05, 0) is 23.8 Å². The van der Waals surface area contributed by atoms with Gasteiger partial charge in [-0.1, -0.05) is 41.7 Å². The number of hydrogen-bond donors (Lipinski definition) is 0. The monoisotopic (exact) mass is 402 g/mol. The zero-order valence-corrected chi connectivity index (χ0v) is 15.3. The van der Waals surface area contributed by atoms with Gasteiger partial charge in [-0.25, -0.2) is 12.8 Å². The van der Waals surface area contributed by atoms with Crippen molar-refractivity contribution in [3.8, 4) is 10.6 Å². The Bertz CT molecular complexity index is 1300. The third-order valence-electron chi connectivity index (χ3n) is 3.84. The molecular weight excluding hydrogens is 391 g/mol. The second-order valence-corrected chi connectivity index (χ2v) is 8.88. The quantitative estimate of drug-likeness (QED) is 0.520. The van der Waals surface area contributed by atoms with Crippen LogP contribution < -0.4 is 5.43 Å². The minimum Gasteiger partial charge on any atom is -0.463 e.